The van der Waals surface area contributed by atoms with Crippen LogP contribution >= 0.6 is 0 Å². The van der Waals surface area contributed by atoms with Gasteiger partial charge in [-0.2, -0.15) is 0 Å². The van der Waals surface area contributed by atoms with E-state index in [9.17, 15) is 13.2 Å². The molecule has 21 heavy (non-hydrogen) atoms. The summed E-state index contributed by atoms with van der Waals surface area (Å²) < 4.78 is 42.0. The summed E-state index contributed by atoms with van der Waals surface area (Å²) in [6.07, 6.45) is 0.354. The SMILES string of the molecule is FC(F)(F)Oc1ccc(Cn2cnc3ccncc32)cc1. The number of halogens is 3. The number of hydrogen-bond donors (Lipinski definition) is 0. The van der Waals surface area contributed by atoms with Crippen molar-refractivity contribution < 1.29 is 17.9 Å². The van der Waals surface area contributed by atoms with Gasteiger partial charge in [0.05, 0.1) is 23.6 Å². The van der Waals surface area contributed by atoms with Crippen LogP contribution in [0.4, 0.5) is 13.2 Å². The standard InChI is InChI=1S/C14H10F3N3O/c15-14(16,17)21-11-3-1-10(2-4-11)8-20-9-19-12-5-6-18-7-13(12)20/h1-7,9H,8H2. The molecule has 0 N–H and O–H groups in total. The average Bonchev–Trinajstić information content (AvgIpc) is 2.83. The Kier molecular flexibility index (Phi) is 3.25. The van der Waals surface area contributed by atoms with Crippen molar-refractivity contribution in [3.05, 3.63) is 54.6 Å². The monoisotopic (exact) mass is 293 g/mol. The Morgan fingerprint density at radius 2 is 1.86 bits per heavy atom. The lowest BCUT2D eigenvalue weighted by Gasteiger charge is -2.09. The van der Waals surface area contributed by atoms with E-state index in [0.29, 0.717) is 6.54 Å². The molecule has 3 rings (SSSR count). The lowest BCUT2D eigenvalue weighted by atomic mass is 10.2. The molecule has 0 aliphatic rings. The van der Waals surface area contributed by atoms with Crippen LogP contribution in [0.25, 0.3) is 11.0 Å². The summed E-state index contributed by atoms with van der Waals surface area (Å²) in [5.74, 6) is -0.233. The van der Waals surface area contributed by atoms with Gasteiger partial charge in [-0.05, 0) is 23.8 Å². The minimum absolute atomic E-state index is 0.233. The van der Waals surface area contributed by atoms with Crippen LogP contribution in [0.15, 0.2) is 49.1 Å². The zero-order chi connectivity index (χ0) is 14.9. The van der Waals surface area contributed by atoms with Crippen LogP contribution in [0.2, 0.25) is 0 Å². The fourth-order valence-corrected chi connectivity index (χ4v) is 2.02. The van der Waals surface area contributed by atoms with Crippen molar-refractivity contribution in [2.75, 3.05) is 0 Å². The van der Waals surface area contributed by atoms with Gasteiger partial charge in [0.15, 0.2) is 0 Å². The lowest BCUT2D eigenvalue weighted by molar-refractivity contribution is -0.274. The minimum atomic E-state index is -4.67. The molecule has 2 aromatic heterocycles. The molecule has 0 unspecified atom stereocenters. The molecular weight excluding hydrogens is 283 g/mol. The van der Waals surface area contributed by atoms with Crippen molar-refractivity contribution in [3.8, 4) is 5.75 Å². The van der Waals surface area contributed by atoms with E-state index in [4.69, 9.17) is 0 Å². The quantitative estimate of drug-likeness (QED) is 0.743. The van der Waals surface area contributed by atoms with Crippen LogP contribution in [0, 0.1) is 0 Å². The number of benzene rings is 1. The van der Waals surface area contributed by atoms with Gasteiger partial charge >= 0.3 is 6.36 Å². The molecular formula is C14H10F3N3O. The second-order valence-electron chi connectivity index (χ2n) is 4.43. The number of rotatable bonds is 3. The number of pyridine rings is 1. The Morgan fingerprint density at radius 3 is 2.57 bits per heavy atom. The first-order valence-corrected chi connectivity index (χ1v) is 6.11. The molecule has 0 amide bonds. The second-order valence-corrected chi connectivity index (χ2v) is 4.43. The van der Waals surface area contributed by atoms with E-state index in [1.807, 2.05) is 4.57 Å². The summed E-state index contributed by atoms with van der Waals surface area (Å²) in [5, 5.41) is 0. The number of aromatic nitrogens is 3. The van der Waals surface area contributed by atoms with Gasteiger partial charge < -0.3 is 9.30 Å². The summed E-state index contributed by atoms with van der Waals surface area (Å²) in [7, 11) is 0. The van der Waals surface area contributed by atoms with E-state index >= 15 is 0 Å². The Hall–Kier alpha value is -2.57. The average molecular weight is 293 g/mol. The Bertz CT molecular complexity index is 750. The summed E-state index contributed by atoms with van der Waals surface area (Å²) in [4.78, 5) is 8.27. The van der Waals surface area contributed by atoms with Crippen LogP contribution in [0.1, 0.15) is 5.56 Å². The van der Waals surface area contributed by atoms with Crippen LogP contribution in [-0.4, -0.2) is 20.9 Å². The number of imidazole rings is 1. The molecule has 0 bridgehead atoms. The Balaban J connectivity index is 1.79. The maximum absolute atomic E-state index is 12.1. The van der Waals surface area contributed by atoms with Gasteiger partial charge in [-0.1, -0.05) is 12.1 Å². The number of alkyl halides is 3. The van der Waals surface area contributed by atoms with E-state index in [0.717, 1.165) is 16.6 Å². The zero-order valence-corrected chi connectivity index (χ0v) is 10.7. The number of ether oxygens (including phenoxy) is 1. The first kappa shape index (κ1) is 13.4. The zero-order valence-electron chi connectivity index (χ0n) is 10.7. The lowest BCUT2D eigenvalue weighted by Crippen LogP contribution is -2.17. The molecule has 0 fully saturated rings. The largest absolute Gasteiger partial charge is 0.573 e. The van der Waals surface area contributed by atoms with E-state index in [-0.39, 0.29) is 5.75 Å². The van der Waals surface area contributed by atoms with Crippen molar-refractivity contribution in [2.24, 2.45) is 0 Å². The first-order chi connectivity index (χ1) is 10.0. The molecule has 0 aliphatic carbocycles. The fraction of sp³-hybridized carbons (Fsp3) is 0.143. The van der Waals surface area contributed by atoms with Crippen molar-refractivity contribution in [1.82, 2.24) is 14.5 Å². The summed E-state index contributed by atoms with van der Waals surface area (Å²) in [6, 6.07) is 7.55. The van der Waals surface area contributed by atoms with Gasteiger partial charge in [-0.25, -0.2) is 4.98 Å². The van der Waals surface area contributed by atoms with E-state index in [1.165, 1.54) is 12.1 Å². The highest BCUT2D eigenvalue weighted by Crippen LogP contribution is 2.23. The van der Waals surface area contributed by atoms with Crippen LogP contribution in [0.3, 0.4) is 0 Å². The maximum Gasteiger partial charge on any atom is 0.573 e. The summed E-state index contributed by atoms with van der Waals surface area (Å²) in [5.41, 5.74) is 2.53. The molecule has 7 heteroatoms. The normalized spacial score (nSPS) is 11.8. The van der Waals surface area contributed by atoms with Gasteiger partial charge in [-0.15, -0.1) is 13.2 Å². The highest BCUT2D eigenvalue weighted by Gasteiger charge is 2.30. The molecule has 2 heterocycles. The molecule has 0 saturated carbocycles. The van der Waals surface area contributed by atoms with E-state index < -0.39 is 6.36 Å². The van der Waals surface area contributed by atoms with Crippen molar-refractivity contribution in [3.63, 3.8) is 0 Å². The predicted octanol–water partition coefficient (Wildman–Crippen LogP) is 3.38. The van der Waals surface area contributed by atoms with Crippen LogP contribution < -0.4 is 4.74 Å². The fourth-order valence-electron chi connectivity index (χ4n) is 2.02. The van der Waals surface area contributed by atoms with Gasteiger partial charge in [0.1, 0.15) is 5.75 Å². The van der Waals surface area contributed by atoms with Gasteiger partial charge in [-0.3, -0.25) is 4.98 Å². The smallest absolute Gasteiger partial charge is 0.406 e. The molecule has 0 spiro atoms. The van der Waals surface area contributed by atoms with Gasteiger partial charge in [0.2, 0.25) is 0 Å². The molecule has 0 radical (unpaired) electrons. The third-order valence-electron chi connectivity index (χ3n) is 2.93. The third kappa shape index (κ3) is 3.13. The number of fused-ring (bicyclic) bond motifs is 1. The molecule has 0 saturated heterocycles. The molecule has 108 valence electrons. The number of hydrogen-bond acceptors (Lipinski definition) is 3. The predicted molar refractivity (Wildman–Crippen MR) is 69.8 cm³/mol. The molecule has 4 nitrogen and oxygen atoms in total. The highest BCUT2D eigenvalue weighted by molar-refractivity contribution is 5.73. The van der Waals surface area contributed by atoms with Crippen molar-refractivity contribution in [2.45, 2.75) is 12.9 Å². The molecule has 1 aromatic carbocycles. The summed E-state index contributed by atoms with van der Waals surface area (Å²) >= 11 is 0. The first-order valence-electron chi connectivity index (χ1n) is 6.11. The van der Waals surface area contributed by atoms with Gasteiger partial charge in [0.25, 0.3) is 0 Å². The van der Waals surface area contributed by atoms with E-state index in [2.05, 4.69) is 14.7 Å². The maximum atomic E-state index is 12.1. The molecule has 3 aromatic rings. The third-order valence-corrected chi connectivity index (χ3v) is 2.93. The van der Waals surface area contributed by atoms with Crippen LogP contribution in [-0.2, 0) is 6.54 Å². The topological polar surface area (TPSA) is 39.9 Å². The Labute approximate surface area is 117 Å². The van der Waals surface area contributed by atoms with Gasteiger partial charge in [0, 0.05) is 12.7 Å². The van der Waals surface area contributed by atoms with E-state index in [1.54, 1.807) is 36.9 Å². The number of nitrogens with zero attached hydrogens (tertiary/aromatic N) is 3. The van der Waals surface area contributed by atoms with Crippen LogP contribution in [0.5, 0.6) is 5.75 Å². The van der Waals surface area contributed by atoms with Crippen molar-refractivity contribution >= 4 is 11.0 Å². The molecule has 0 aliphatic heterocycles. The highest BCUT2D eigenvalue weighted by atomic mass is 19.4. The van der Waals surface area contributed by atoms with Crippen molar-refractivity contribution in [1.29, 1.82) is 0 Å². The minimum Gasteiger partial charge on any atom is -0.406 e. The molecule has 0 atom stereocenters. The Morgan fingerprint density at radius 1 is 1.10 bits per heavy atom. The second kappa shape index (κ2) is 5.08. The summed E-state index contributed by atoms with van der Waals surface area (Å²) in [6.45, 7) is 0.495.